The first kappa shape index (κ1) is 13.8. The third kappa shape index (κ3) is 2.23. The molecule has 4 heteroatoms. The minimum Gasteiger partial charge on any atom is -0.393 e. The smallest absolute Gasteiger partial charge is 0.255 e. The molecule has 2 aliphatic heterocycles. The molecule has 2 saturated heterocycles. The first-order valence-electron chi connectivity index (χ1n) is 8.23. The Morgan fingerprint density at radius 3 is 2.71 bits per heavy atom. The molecule has 1 N–H and O–H groups in total. The fourth-order valence-corrected chi connectivity index (χ4v) is 5.71. The zero-order chi connectivity index (χ0) is 14.6. The van der Waals surface area contributed by atoms with Gasteiger partial charge in [-0.1, -0.05) is 6.92 Å². The molecule has 114 valence electrons. The van der Waals surface area contributed by atoms with Gasteiger partial charge in [-0.05, 0) is 56.4 Å². The van der Waals surface area contributed by atoms with Crippen LogP contribution in [0, 0.1) is 5.92 Å². The van der Waals surface area contributed by atoms with Gasteiger partial charge in [0.25, 0.3) is 5.91 Å². The van der Waals surface area contributed by atoms with Crippen LogP contribution in [0.25, 0.3) is 0 Å². The van der Waals surface area contributed by atoms with Crippen molar-refractivity contribution in [2.75, 3.05) is 0 Å². The lowest BCUT2D eigenvalue weighted by molar-refractivity contribution is 0.0286. The van der Waals surface area contributed by atoms with Gasteiger partial charge in [-0.15, -0.1) is 11.3 Å². The van der Waals surface area contributed by atoms with Gasteiger partial charge in [0.2, 0.25) is 0 Å². The third-order valence-electron chi connectivity index (χ3n) is 5.57. The minimum atomic E-state index is -0.205. The highest BCUT2D eigenvalue weighted by molar-refractivity contribution is 7.10. The molecule has 4 rings (SSSR count). The van der Waals surface area contributed by atoms with Gasteiger partial charge in [0.1, 0.15) is 0 Å². The molecule has 0 aromatic carbocycles. The Labute approximate surface area is 130 Å². The summed E-state index contributed by atoms with van der Waals surface area (Å²) in [6.45, 7) is 2.30. The van der Waals surface area contributed by atoms with Gasteiger partial charge in [0, 0.05) is 22.3 Å². The Bertz CT molecular complexity index is 553. The summed E-state index contributed by atoms with van der Waals surface area (Å²) < 4.78 is 0. The third-order valence-corrected chi connectivity index (χ3v) is 6.63. The van der Waals surface area contributed by atoms with Crippen molar-refractivity contribution in [3.63, 3.8) is 0 Å². The zero-order valence-corrected chi connectivity index (χ0v) is 13.4. The van der Waals surface area contributed by atoms with Crippen LogP contribution in [0.4, 0.5) is 0 Å². The van der Waals surface area contributed by atoms with Crippen LogP contribution in [0.15, 0.2) is 5.38 Å². The first-order chi connectivity index (χ1) is 10.1. The van der Waals surface area contributed by atoms with Crippen molar-refractivity contribution in [1.29, 1.82) is 0 Å². The molecule has 1 amide bonds. The van der Waals surface area contributed by atoms with Crippen LogP contribution in [-0.2, 0) is 12.8 Å². The molecule has 3 nitrogen and oxygen atoms in total. The summed E-state index contributed by atoms with van der Waals surface area (Å²) in [7, 11) is 0. The number of amides is 1. The average Bonchev–Trinajstić information content (AvgIpc) is 2.97. The lowest BCUT2D eigenvalue weighted by Crippen LogP contribution is -2.48. The topological polar surface area (TPSA) is 40.5 Å². The average molecular weight is 305 g/mol. The fraction of sp³-hybridized carbons (Fsp3) is 0.706. The molecule has 0 saturated carbocycles. The highest BCUT2D eigenvalue weighted by atomic mass is 32.1. The van der Waals surface area contributed by atoms with Gasteiger partial charge in [-0.25, -0.2) is 0 Å². The maximum Gasteiger partial charge on any atom is 0.255 e. The molecule has 1 aromatic heterocycles. The molecular weight excluding hydrogens is 282 g/mol. The predicted octanol–water partition coefficient (Wildman–Crippen LogP) is 3.00. The number of nitrogens with zero attached hydrogens (tertiary/aromatic N) is 1. The van der Waals surface area contributed by atoms with Crippen molar-refractivity contribution in [2.24, 2.45) is 5.92 Å². The van der Waals surface area contributed by atoms with Crippen molar-refractivity contribution < 1.29 is 9.90 Å². The van der Waals surface area contributed by atoms with Crippen molar-refractivity contribution in [3.05, 3.63) is 21.4 Å². The van der Waals surface area contributed by atoms with Gasteiger partial charge in [0.15, 0.2) is 0 Å². The monoisotopic (exact) mass is 305 g/mol. The molecule has 21 heavy (non-hydrogen) atoms. The molecule has 2 bridgehead atoms. The maximum atomic E-state index is 13.0. The largest absolute Gasteiger partial charge is 0.393 e. The molecule has 3 heterocycles. The molecular formula is C17H23NO2S. The lowest BCUT2D eigenvalue weighted by atomic mass is 9.88. The summed E-state index contributed by atoms with van der Waals surface area (Å²) in [5.74, 6) is 0.988. The Morgan fingerprint density at radius 1 is 1.29 bits per heavy atom. The molecule has 3 atom stereocenters. The highest BCUT2D eigenvalue weighted by Crippen LogP contribution is 2.39. The fourth-order valence-electron chi connectivity index (χ4n) is 4.48. The predicted molar refractivity (Wildman–Crippen MR) is 83.7 cm³/mol. The summed E-state index contributed by atoms with van der Waals surface area (Å²) >= 11 is 1.77. The van der Waals surface area contributed by atoms with Crippen LogP contribution >= 0.6 is 11.3 Å². The summed E-state index contributed by atoms with van der Waals surface area (Å²) in [4.78, 5) is 16.6. The van der Waals surface area contributed by atoms with Gasteiger partial charge in [-0.2, -0.15) is 0 Å². The number of fused-ring (bicyclic) bond motifs is 3. The molecule has 3 aliphatic rings. The Kier molecular flexibility index (Phi) is 3.34. The van der Waals surface area contributed by atoms with Crippen molar-refractivity contribution in [1.82, 2.24) is 4.90 Å². The number of carbonyl (C=O) groups excluding carboxylic acids is 1. The number of rotatable bonds is 1. The van der Waals surface area contributed by atoms with E-state index in [1.54, 1.807) is 11.3 Å². The second kappa shape index (κ2) is 5.10. The molecule has 1 aliphatic carbocycles. The molecule has 3 unspecified atom stereocenters. The number of thiophene rings is 1. The van der Waals surface area contributed by atoms with E-state index in [0.29, 0.717) is 0 Å². The summed E-state index contributed by atoms with van der Waals surface area (Å²) in [6, 6.07) is 0.536. The number of hydrogen-bond donors (Lipinski definition) is 1. The molecule has 1 aromatic rings. The quantitative estimate of drug-likeness (QED) is 0.866. The Hall–Kier alpha value is -0.870. The van der Waals surface area contributed by atoms with Gasteiger partial charge < -0.3 is 10.0 Å². The van der Waals surface area contributed by atoms with Crippen LogP contribution < -0.4 is 0 Å². The molecule has 0 spiro atoms. The minimum absolute atomic E-state index is 0.205. The van der Waals surface area contributed by atoms with E-state index >= 15 is 0 Å². The maximum absolute atomic E-state index is 13.0. The second-order valence-corrected chi connectivity index (χ2v) is 8.09. The van der Waals surface area contributed by atoms with E-state index in [9.17, 15) is 9.90 Å². The lowest BCUT2D eigenvalue weighted by Gasteiger charge is -2.37. The van der Waals surface area contributed by atoms with E-state index in [4.69, 9.17) is 0 Å². The zero-order valence-electron chi connectivity index (χ0n) is 12.5. The summed E-state index contributed by atoms with van der Waals surface area (Å²) in [5.41, 5.74) is 2.30. The van der Waals surface area contributed by atoms with Crippen molar-refractivity contribution >= 4 is 17.2 Å². The van der Waals surface area contributed by atoms with E-state index in [-0.39, 0.29) is 24.1 Å². The van der Waals surface area contributed by atoms with Crippen molar-refractivity contribution in [2.45, 2.75) is 70.1 Å². The number of aliphatic hydroxyl groups excluding tert-OH is 1. The van der Waals surface area contributed by atoms with E-state index in [1.807, 2.05) is 0 Å². The number of aliphatic hydroxyl groups is 1. The van der Waals surface area contributed by atoms with Crippen LogP contribution in [-0.4, -0.2) is 34.1 Å². The van der Waals surface area contributed by atoms with Gasteiger partial charge >= 0.3 is 0 Å². The van der Waals surface area contributed by atoms with Gasteiger partial charge in [0.05, 0.1) is 11.7 Å². The van der Waals surface area contributed by atoms with E-state index in [0.717, 1.165) is 50.0 Å². The SMILES string of the molecule is CC1CCc2c(C(=O)N3C4CCC3CC(O)C4)csc2C1. The standard InChI is InChI=1S/C17H23NO2S/c1-10-2-5-14-15(9-21-16(14)6-10)17(20)18-11-3-4-12(18)8-13(19)7-11/h9-13,19H,2-8H2,1H3. The normalized spacial score (nSPS) is 34.9. The number of hydrogen-bond acceptors (Lipinski definition) is 3. The summed E-state index contributed by atoms with van der Waals surface area (Å²) in [5, 5.41) is 12.0. The van der Waals surface area contributed by atoms with E-state index in [1.165, 1.54) is 16.9 Å². The first-order valence-corrected chi connectivity index (χ1v) is 9.11. The van der Waals surface area contributed by atoms with Crippen LogP contribution in [0.1, 0.15) is 59.8 Å². The Morgan fingerprint density at radius 2 is 2.00 bits per heavy atom. The van der Waals surface area contributed by atoms with E-state index in [2.05, 4.69) is 17.2 Å². The van der Waals surface area contributed by atoms with Gasteiger partial charge in [-0.3, -0.25) is 4.79 Å². The molecule has 2 fully saturated rings. The Balaban J connectivity index is 1.62. The summed E-state index contributed by atoms with van der Waals surface area (Å²) in [6.07, 6.45) is 6.87. The molecule has 0 radical (unpaired) electrons. The van der Waals surface area contributed by atoms with E-state index < -0.39 is 0 Å². The van der Waals surface area contributed by atoms with Crippen LogP contribution in [0.5, 0.6) is 0 Å². The van der Waals surface area contributed by atoms with Crippen LogP contribution in [0.2, 0.25) is 0 Å². The highest BCUT2D eigenvalue weighted by Gasteiger charge is 2.43. The van der Waals surface area contributed by atoms with Crippen molar-refractivity contribution in [3.8, 4) is 0 Å². The number of piperidine rings is 1. The second-order valence-electron chi connectivity index (χ2n) is 7.12. The van der Waals surface area contributed by atoms with Crippen LogP contribution in [0.3, 0.4) is 0 Å². The number of carbonyl (C=O) groups is 1.